The number of halogens is 1. The van der Waals surface area contributed by atoms with Gasteiger partial charge in [0.25, 0.3) is 0 Å². The number of aromatic amines is 1. The summed E-state index contributed by atoms with van der Waals surface area (Å²) in [6, 6.07) is 4.76. The van der Waals surface area contributed by atoms with E-state index in [-0.39, 0.29) is 11.7 Å². The number of H-pyrrole nitrogens is 1. The fraction of sp³-hybridized carbons (Fsp3) is 0.353. The number of methoxy groups -OCH3 is 1. The second kappa shape index (κ2) is 6.07. The van der Waals surface area contributed by atoms with Gasteiger partial charge in [0.05, 0.1) is 13.3 Å². The van der Waals surface area contributed by atoms with Gasteiger partial charge in [-0.15, -0.1) is 0 Å². The summed E-state index contributed by atoms with van der Waals surface area (Å²) < 4.78 is 24.5. The molecule has 0 radical (unpaired) electrons. The lowest BCUT2D eigenvalue weighted by Crippen LogP contribution is -2.12. The number of hydrogen-bond donors (Lipinski definition) is 1. The Morgan fingerprint density at radius 3 is 3.17 bits per heavy atom. The van der Waals surface area contributed by atoms with Gasteiger partial charge < -0.3 is 9.26 Å². The molecule has 3 aromatic rings. The number of aromatic nitrogens is 4. The van der Waals surface area contributed by atoms with Crippen molar-refractivity contribution in [2.24, 2.45) is 0 Å². The lowest BCUT2D eigenvalue weighted by molar-refractivity contribution is 0.337. The van der Waals surface area contributed by atoms with Crippen LogP contribution in [0.3, 0.4) is 0 Å². The summed E-state index contributed by atoms with van der Waals surface area (Å²) in [5.41, 5.74) is 2.90. The molecule has 0 amide bonds. The Morgan fingerprint density at radius 2 is 2.33 bits per heavy atom. The molecule has 2 aromatic heterocycles. The predicted molar refractivity (Wildman–Crippen MR) is 83.4 cm³/mol. The van der Waals surface area contributed by atoms with E-state index in [1.54, 1.807) is 12.1 Å². The number of benzene rings is 1. The average molecular weight is 328 g/mol. The Kier molecular flexibility index (Phi) is 3.76. The summed E-state index contributed by atoms with van der Waals surface area (Å²) in [6.45, 7) is 0. The van der Waals surface area contributed by atoms with Crippen molar-refractivity contribution >= 4 is 0 Å². The Hall–Kier alpha value is -2.70. The van der Waals surface area contributed by atoms with Crippen LogP contribution >= 0.6 is 0 Å². The van der Waals surface area contributed by atoms with Gasteiger partial charge in [-0.25, -0.2) is 4.39 Å². The minimum Gasteiger partial charge on any atom is -0.497 e. The van der Waals surface area contributed by atoms with Crippen LogP contribution in [0.2, 0.25) is 0 Å². The molecule has 7 heteroatoms. The highest BCUT2D eigenvalue weighted by Crippen LogP contribution is 2.30. The first-order chi connectivity index (χ1) is 11.7. The van der Waals surface area contributed by atoms with Gasteiger partial charge in [-0.2, -0.15) is 10.1 Å². The molecule has 0 spiro atoms. The molecule has 0 aliphatic heterocycles. The van der Waals surface area contributed by atoms with Crippen molar-refractivity contribution < 1.29 is 13.7 Å². The smallest absolute Gasteiger partial charge is 0.230 e. The highest BCUT2D eigenvalue weighted by Gasteiger charge is 2.26. The van der Waals surface area contributed by atoms with Crippen LogP contribution in [0.4, 0.5) is 4.39 Å². The maximum Gasteiger partial charge on any atom is 0.230 e. The lowest BCUT2D eigenvalue weighted by Gasteiger charge is -2.17. The normalized spacial score (nSPS) is 16.8. The summed E-state index contributed by atoms with van der Waals surface area (Å²) in [5, 5.41) is 11.1. The van der Waals surface area contributed by atoms with Gasteiger partial charge in [0, 0.05) is 30.5 Å². The summed E-state index contributed by atoms with van der Waals surface area (Å²) >= 11 is 0. The van der Waals surface area contributed by atoms with Crippen LogP contribution in [0.5, 0.6) is 5.75 Å². The minimum absolute atomic E-state index is 0.180. The van der Waals surface area contributed by atoms with Gasteiger partial charge in [-0.3, -0.25) is 5.10 Å². The highest BCUT2D eigenvalue weighted by molar-refractivity contribution is 5.30. The van der Waals surface area contributed by atoms with E-state index in [0.717, 1.165) is 25.0 Å². The molecule has 1 aliphatic rings. The number of ether oxygens (including phenoxy) is 1. The van der Waals surface area contributed by atoms with Gasteiger partial charge in [-0.05, 0) is 30.0 Å². The quantitative estimate of drug-likeness (QED) is 0.797. The number of aryl methyl sites for hydroxylation is 1. The molecule has 0 saturated carbocycles. The topological polar surface area (TPSA) is 76.8 Å². The second-order valence-corrected chi connectivity index (χ2v) is 6.00. The van der Waals surface area contributed by atoms with Crippen LogP contribution in [0.25, 0.3) is 0 Å². The van der Waals surface area contributed by atoms with E-state index in [1.165, 1.54) is 18.7 Å². The first-order valence-electron chi connectivity index (χ1n) is 7.89. The maximum atomic E-state index is 14.0. The van der Waals surface area contributed by atoms with Gasteiger partial charge in [-0.1, -0.05) is 11.2 Å². The van der Waals surface area contributed by atoms with Crippen LogP contribution in [-0.2, 0) is 19.3 Å². The van der Waals surface area contributed by atoms with Crippen molar-refractivity contribution in [2.45, 2.75) is 31.6 Å². The molecule has 24 heavy (non-hydrogen) atoms. The van der Waals surface area contributed by atoms with E-state index in [0.29, 0.717) is 29.4 Å². The van der Waals surface area contributed by atoms with Gasteiger partial charge in [0.15, 0.2) is 5.82 Å². The zero-order valence-corrected chi connectivity index (χ0v) is 13.3. The van der Waals surface area contributed by atoms with Crippen LogP contribution in [-0.4, -0.2) is 27.4 Å². The van der Waals surface area contributed by atoms with Crippen molar-refractivity contribution in [3.63, 3.8) is 0 Å². The van der Waals surface area contributed by atoms with Crippen molar-refractivity contribution in [1.82, 2.24) is 20.3 Å². The highest BCUT2D eigenvalue weighted by atomic mass is 19.1. The molecular formula is C17H17FN4O2. The fourth-order valence-electron chi connectivity index (χ4n) is 3.09. The first-order valence-corrected chi connectivity index (χ1v) is 7.89. The SMILES string of the molecule is COc1ccc(Cc2noc(C3CCc4cn[nH]c4C3)n2)c(F)c1. The van der Waals surface area contributed by atoms with E-state index >= 15 is 0 Å². The van der Waals surface area contributed by atoms with Crippen molar-refractivity contribution in [3.05, 3.63) is 58.7 Å². The minimum atomic E-state index is -0.333. The molecule has 1 aromatic carbocycles. The Bertz CT molecular complexity index is 858. The fourth-order valence-corrected chi connectivity index (χ4v) is 3.09. The zero-order valence-electron chi connectivity index (χ0n) is 13.3. The second-order valence-electron chi connectivity index (χ2n) is 6.00. The standard InChI is InChI=1S/C17H17FN4O2/c1-23-13-5-4-10(14(18)8-13)7-16-20-17(24-22-16)11-2-3-12-9-19-21-15(12)6-11/h4-5,8-9,11H,2-3,6-7H2,1H3,(H,19,21). The number of nitrogens with zero attached hydrogens (tertiary/aromatic N) is 3. The summed E-state index contributed by atoms with van der Waals surface area (Å²) in [5.74, 6) is 1.44. The van der Waals surface area contributed by atoms with Crippen molar-refractivity contribution in [3.8, 4) is 5.75 Å². The molecule has 4 rings (SSSR count). The molecule has 1 unspecified atom stereocenters. The van der Waals surface area contributed by atoms with Gasteiger partial charge in [0.1, 0.15) is 11.6 Å². The predicted octanol–water partition coefficient (Wildman–Crippen LogP) is 2.80. The third kappa shape index (κ3) is 2.77. The average Bonchev–Trinajstić information content (AvgIpc) is 3.25. The molecule has 1 atom stereocenters. The van der Waals surface area contributed by atoms with E-state index < -0.39 is 0 Å². The third-order valence-corrected chi connectivity index (χ3v) is 4.46. The van der Waals surface area contributed by atoms with E-state index in [9.17, 15) is 4.39 Å². The molecule has 0 fully saturated rings. The van der Waals surface area contributed by atoms with Gasteiger partial charge in [0.2, 0.25) is 5.89 Å². The number of fused-ring (bicyclic) bond motifs is 1. The maximum absolute atomic E-state index is 14.0. The number of rotatable bonds is 4. The first kappa shape index (κ1) is 14.9. The lowest BCUT2D eigenvalue weighted by atomic mass is 9.88. The summed E-state index contributed by atoms with van der Waals surface area (Å²) in [4.78, 5) is 4.46. The van der Waals surface area contributed by atoms with Crippen LogP contribution < -0.4 is 4.74 Å². The molecule has 0 saturated heterocycles. The monoisotopic (exact) mass is 328 g/mol. The number of hydrogen-bond acceptors (Lipinski definition) is 5. The molecule has 1 aliphatic carbocycles. The van der Waals surface area contributed by atoms with E-state index in [1.807, 2.05) is 6.20 Å². The van der Waals surface area contributed by atoms with E-state index in [4.69, 9.17) is 9.26 Å². The Labute approximate surface area is 138 Å². The van der Waals surface area contributed by atoms with Crippen LogP contribution in [0.1, 0.15) is 40.9 Å². The zero-order chi connectivity index (χ0) is 16.5. The van der Waals surface area contributed by atoms with Crippen LogP contribution in [0.15, 0.2) is 28.9 Å². The van der Waals surface area contributed by atoms with E-state index in [2.05, 4.69) is 20.3 Å². The third-order valence-electron chi connectivity index (χ3n) is 4.46. The molecule has 6 nitrogen and oxygen atoms in total. The molecule has 124 valence electrons. The summed E-state index contributed by atoms with van der Waals surface area (Å²) in [7, 11) is 1.51. The molecular weight excluding hydrogens is 311 g/mol. The largest absolute Gasteiger partial charge is 0.497 e. The van der Waals surface area contributed by atoms with Crippen molar-refractivity contribution in [1.29, 1.82) is 0 Å². The molecule has 2 heterocycles. The Morgan fingerprint density at radius 1 is 1.42 bits per heavy atom. The van der Waals surface area contributed by atoms with Gasteiger partial charge >= 0.3 is 0 Å². The number of nitrogens with one attached hydrogen (secondary N) is 1. The Balaban J connectivity index is 1.49. The van der Waals surface area contributed by atoms with Crippen LogP contribution in [0, 0.1) is 5.82 Å². The van der Waals surface area contributed by atoms with Crippen molar-refractivity contribution in [2.75, 3.05) is 7.11 Å². The summed E-state index contributed by atoms with van der Waals surface area (Å²) in [6.07, 6.45) is 4.87. The molecule has 0 bridgehead atoms. The molecule has 1 N–H and O–H groups in total.